The van der Waals surface area contributed by atoms with Crippen LogP contribution in [0.2, 0.25) is 0 Å². The highest BCUT2D eigenvalue weighted by Crippen LogP contribution is 2.49. The molecule has 3 saturated heterocycles. The van der Waals surface area contributed by atoms with Gasteiger partial charge in [-0.2, -0.15) is 4.89 Å². The van der Waals surface area contributed by atoms with Crippen LogP contribution in [0.1, 0.15) is 144 Å². The average Bonchev–Trinajstić information content (AvgIpc) is 3.88. The standard InChI is InChI=1S/C46H73NO12/c1-11-32(43(51)52)34-18-17-27(5)40(56-34)30(8)38(48)29(7)39(49)33(12-2)41-28(6)25-26(4)16-19-36(47-42(50)35-15-14-24-54-35)46(59-57-41)23-22-44(10,58-46)37-20-21-45(53,13-3)31(9)55-37/h14-16,19,24,26-34,36-38,40-41,48,53H,11-13,17-18,20-23,25H2,1-10H3,(H,47,50)(H,51,52)/b19-16-/t26-,27-,28-,29-,30-,31-,32+,33-,34+,36+,37+,38+,40+,41-,44-,45+,46-/m0/s1. The lowest BCUT2D eigenvalue weighted by Gasteiger charge is -2.47. The van der Waals surface area contributed by atoms with E-state index < -0.39 is 89.1 Å². The lowest BCUT2D eigenvalue weighted by Crippen LogP contribution is -2.58. The summed E-state index contributed by atoms with van der Waals surface area (Å²) in [5.74, 6) is -5.51. The lowest BCUT2D eigenvalue weighted by molar-refractivity contribution is -0.460. The van der Waals surface area contributed by atoms with E-state index in [1.807, 2.05) is 60.6 Å². The second-order valence-corrected chi connectivity index (χ2v) is 18.7. The first-order chi connectivity index (χ1) is 27.8. The summed E-state index contributed by atoms with van der Waals surface area (Å²) in [5, 5.41) is 36.0. The van der Waals surface area contributed by atoms with Gasteiger partial charge in [0.25, 0.3) is 5.91 Å². The summed E-state index contributed by atoms with van der Waals surface area (Å²) >= 11 is 0. The second kappa shape index (κ2) is 19.6. The average molecular weight is 832 g/mol. The number of ether oxygens (including phenoxy) is 3. The molecular formula is C46H73NO12. The molecule has 4 N–H and O–H groups in total. The van der Waals surface area contributed by atoms with Gasteiger partial charge < -0.3 is 39.3 Å². The zero-order valence-corrected chi connectivity index (χ0v) is 37.1. The first-order valence-corrected chi connectivity index (χ1v) is 22.4. The molecule has 4 aliphatic rings. The number of nitrogens with one attached hydrogen (secondary N) is 1. The molecule has 13 heteroatoms. The summed E-state index contributed by atoms with van der Waals surface area (Å²) in [6, 6.07) is 2.39. The zero-order valence-electron chi connectivity index (χ0n) is 37.1. The molecule has 0 radical (unpaired) electrons. The highest BCUT2D eigenvalue weighted by Gasteiger charge is 2.59. The number of aliphatic carboxylic acids is 1. The van der Waals surface area contributed by atoms with Crippen molar-refractivity contribution in [2.24, 2.45) is 41.4 Å². The Hall–Kier alpha value is -2.65. The number of aliphatic hydroxyl groups excluding tert-OH is 1. The van der Waals surface area contributed by atoms with Crippen molar-refractivity contribution in [3.8, 4) is 0 Å². The van der Waals surface area contributed by atoms with E-state index in [4.69, 9.17) is 28.4 Å². The third kappa shape index (κ3) is 10.2. The molecule has 1 aromatic rings. The van der Waals surface area contributed by atoms with Gasteiger partial charge in [-0.15, -0.1) is 0 Å². The fraction of sp³-hybridized carbons (Fsp3) is 0.804. The topological polar surface area (TPSA) is 183 Å². The first-order valence-electron chi connectivity index (χ1n) is 22.4. The van der Waals surface area contributed by atoms with E-state index >= 15 is 0 Å². The number of hydrogen-bond acceptors (Lipinski definition) is 11. The number of amides is 1. The van der Waals surface area contributed by atoms with Gasteiger partial charge in [0.15, 0.2) is 5.76 Å². The SMILES string of the molecule is CC[C@@H](C(=O)[C@@H](C)[C@@H](O)[C@H](C)[C@@H]1O[C@@H]([C@@H](CC)C(=O)O)CC[C@@H]1C)[C@H]1OO[C@@]2(CC[C@@](C)([C@H]3CC[C@](O)(CC)[C@H](C)O3)O2)[C@H](NC(=O)c2ccco2)/C=C\[C@H](C)C[C@@H]1C. The predicted octanol–water partition coefficient (Wildman–Crippen LogP) is 7.42. The van der Waals surface area contributed by atoms with E-state index in [0.717, 1.165) is 6.42 Å². The van der Waals surface area contributed by atoms with Crippen molar-refractivity contribution >= 4 is 17.7 Å². The fourth-order valence-electron chi connectivity index (χ4n) is 10.4. The lowest BCUT2D eigenvalue weighted by atomic mass is 9.74. The third-order valence-electron chi connectivity index (χ3n) is 14.6. The van der Waals surface area contributed by atoms with Crippen LogP contribution in [-0.4, -0.2) is 92.6 Å². The van der Waals surface area contributed by atoms with Crippen LogP contribution in [0.5, 0.6) is 0 Å². The Morgan fingerprint density at radius 1 is 0.915 bits per heavy atom. The van der Waals surface area contributed by atoms with Crippen molar-refractivity contribution in [2.45, 2.75) is 193 Å². The van der Waals surface area contributed by atoms with Crippen LogP contribution >= 0.6 is 0 Å². The molecule has 334 valence electrons. The fourth-order valence-corrected chi connectivity index (χ4v) is 10.4. The smallest absolute Gasteiger partial charge is 0.309 e. The van der Waals surface area contributed by atoms with Gasteiger partial charge in [-0.3, -0.25) is 14.4 Å². The molecule has 4 aliphatic heterocycles. The largest absolute Gasteiger partial charge is 0.481 e. The van der Waals surface area contributed by atoms with Crippen molar-refractivity contribution in [3.63, 3.8) is 0 Å². The number of allylic oxidation sites excluding steroid dienone is 1. The van der Waals surface area contributed by atoms with Crippen molar-refractivity contribution in [2.75, 3.05) is 0 Å². The van der Waals surface area contributed by atoms with Crippen LogP contribution in [0, 0.1) is 41.4 Å². The van der Waals surface area contributed by atoms with Crippen LogP contribution in [0.3, 0.4) is 0 Å². The van der Waals surface area contributed by atoms with Gasteiger partial charge in [0.05, 0.1) is 53.9 Å². The number of carboxylic acid groups (broad SMARTS) is 1. The van der Waals surface area contributed by atoms with E-state index in [2.05, 4.69) is 19.2 Å². The summed E-state index contributed by atoms with van der Waals surface area (Å²) < 4.78 is 25.4. The molecule has 1 aromatic heterocycles. The molecule has 5 rings (SSSR count). The molecule has 59 heavy (non-hydrogen) atoms. The van der Waals surface area contributed by atoms with Gasteiger partial charge in [-0.25, -0.2) is 4.89 Å². The number of rotatable bonds is 14. The molecule has 0 saturated carbocycles. The van der Waals surface area contributed by atoms with Gasteiger partial charge in [0, 0.05) is 24.2 Å². The number of carbonyl (C=O) groups excluding carboxylic acids is 2. The Balaban J connectivity index is 1.41. The number of hydrogen-bond donors (Lipinski definition) is 4. The summed E-state index contributed by atoms with van der Waals surface area (Å²) in [7, 11) is 0. The van der Waals surface area contributed by atoms with E-state index in [9.17, 15) is 29.7 Å². The van der Waals surface area contributed by atoms with E-state index in [1.54, 1.807) is 19.1 Å². The minimum Gasteiger partial charge on any atom is -0.481 e. The van der Waals surface area contributed by atoms with Gasteiger partial charge in [-0.1, -0.05) is 67.5 Å². The number of furan rings is 1. The highest BCUT2D eigenvalue weighted by atomic mass is 17.2. The number of ketones is 1. The number of carbonyl (C=O) groups is 3. The highest BCUT2D eigenvalue weighted by molar-refractivity contribution is 5.91. The predicted molar refractivity (Wildman–Crippen MR) is 220 cm³/mol. The van der Waals surface area contributed by atoms with Crippen molar-refractivity contribution in [3.05, 3.63) is 36.3 Å². The van der Waals surface area contributed by atoms with Crippen molar-refractivity contribution < 1.29 is 58.1 Å². The molecule has 0 unspecified atom stereocenters. The summed E-state index contributed by atoms with van der Waals surface area (Å²) in [6.45, 7) is 19.4. The monoisotopic (exact) mass is 832 g/mol. The Bertz CT molecular complexity index is 1580. The molecule has 17 atom stereocenters. The normalized spacial score (nSPS) is 40.0. The van der Waals surface area contributed by atoms with Crippen LogP contribution in [0.4, 0.5) is 0 Å². The van der Waals surface area contributed by atoms with Crippen LogP contribution in [0.15, 0.2) is 35.0 Å². The maximum atomic E-state index is 14.7. The minimum atomic E-state index is -1.54. The Morgan fingerprint density at radius 2 is 1.63 bits per heavy atom. The first kappa shape index (κ1) is 47.4. The molecule has 1 spiro atoms. The molecule has 0 aromatic carbocycles. The number of Topliss-reactive ketones (excluding diaryl/α,β-unsaturated/α-hetero) is 1. The molecule has 13 nitrogen and oxygen atoms in total. The maximum absolute atomic E-state index is 14.7. The molecular weight excluding hydrogens is 759 g/mol. The van der Waals surface area contributed by atoms with Gasteiger partial charge in [-0.05, 0) is 102 Å². The molecule has 3 fully saturated rings. The second-order valence-electron chi connectivity index (χ2n) is 18.7. The van der Waals surface area contributed by atoms with E-state index in [-0.39, 0.29) is 35.4 Å². The van der Waals surface area contributed by atoms with Crippen LogP contribution < -0.4 is 5.32 Å². The Kier molecular flexibility index (Phi) is 15.7. The number of carboxylic acids is 1. The van der Waals surface area contributed by atoms with E-state index in [1.165, 1.54) is 6.26 Å². The van der Waals surface area contributed by atoms with Gasteiger partial charge in [0.1, 0.15) is 17.9 Å². The molecule has 1 amide bonds. The summed E-state index contributed by atoms with van der Waals surface area (Å²) in [4.78, 5) is 53.4. The van der Waals surface area contributed by atoms with E-state index in [0.29, 0.717) is 57.8 Å². The quantitative estimate of drug-likeness (QED) is 0.108. The molecule has 0 bridgehead atoms. The van der Waals surface area contributed by atoms with Crippen molar-refractivity contribution in [1.82, 2.24) is 5.32 Å². The maximum Gasteiger partial charge on any atom is 0.309 e. The Morgan fingerprint density at radius 3 is 2.24 bits per heavy atom. The zero-order chi connectivity index (χ0) is 43.4. The Labute approximate surface area is 351 Å². The van der Waals surface area contributed by atoms with Crippen LogP contribution in [-0.2, 0) is 33.6 Å². The van der Waals surface area contributed by atoms with Gasteiger partial charge >= 0.3 is 5.97 Å². The summed E-state index contributed by atoms with van der Waals surface area (Å²) in [6.07, 6.45) is 7.32. The number of aliphatic hydroxyl groups is 2. The van der Waals surface area contributed by atoms with Gasteiger partial charge in [0.2, 0.25) is 5.79 Å². The van der Waals surface area contributed by atoms with Crippen LogP contribution in [0.25, 0.3) is 0 Å². The van der Waals surface area contributed by atoms with Crippen molar-refractivity contribution in [1.29, 1.82) is 0 Å². The third-order valence-corrected chi connectivity index (χ3v) is 14.6. The minimum absolute atomic E-state index is 0.0163. The summed E-state index contributed by atoms with van der Waals surface area (Å²) in [5.41, 5.74) is -1.81. The molecule has 5 heterocycles. The molecule has 0 aliphatic carbocycles.